The van der Waals surface area contributed by atoms with E-state index >= 15 is 0 Å². The number of methoxy groups -OCH3 is 1. The van der Waals surface area contributed by atoms with Crippen molar-refractivity contribution in [3.05, 3.63) is 53.6 Å². The minimum absolute atomic E-state index is 0.414. The van der Waals surface area contributed by atoms with E-state index < -0.39 is 5.92 Å². The van der Waals surface area contributed by atoms with Crippen molar-refractivity contribution in [3.63, 3.8) is 0 Å². The van der Waals surface area contributed by atoms with Gasteiger partial charge in [-0.05, 0) is 23.6 Å². The van der Waals surface area contributed by atoms with Crippen LogP contribution in [-0.4, -0.2) is 17.1 Å². The van der Waals surface area contributed by atoms with Crippen LogP contribution in [0.4, 0.5) is 0 Å². The Balaban J connectivity index is 2.48. The summed E-state index contributed by atoms with van der Waals surface area (Å²) >= 11 is 0. The van der Waals surface area contributed by atoms with Gasteiger partial charge in [-0.3, -0.25) is 0 Å². The van der Waals surface area contributed by atoms with E-state index in [9.17, 15) is 5.26 Å². The molecule has 1 heterocycles. The molecule has 1 unspecified atom stereocenters. The monoisotopic (exact) mass is 267 g/mol. The summed E-state index contributed by atoms with van der Waals surface area (Å²) in [4.78, 5) is 8.05. The van der Waals surface area contributed by atoms with Gasteiger partial charge in [0.2, 0.25) is 0 Å². The summed E-state index contributed by atoms with van der Waals surface area (Å²) in [6.45, 7) is 4.25. The zero-order valence-electron chi connectivity index (χ0n) is 11.9. The van der Waals surface area contributed by atoms with Crippen molar-refractivity contribution in [2.45, 2.75) is 25.7 Å². The van der Waals surface area contributed by atoms with Gasteiger partial charge in [0.05, 0.1) is 18.9 Å². The fourth-order valence-corrected chi connectivity index (χ4v) is 2.09. The fraction of sp³-hybridized carbons (Fsp3) is 0.312. The van der Waals surface area contributed by atoms with Crippen LogP contribution in [0.25, 0.3) is 0 Å². The molecule has 0 aliphatic heterocycles. The number of hydrogen-bond donors (Lipinski definition) is 0. The lowest BCUT2D eigenvalue weighted by molar-refractivity contribution is 0.408. The molecule has 0 saturated heterocycles. The normalized spacial score (nSPS) is 11.9. The smallest absolute Gasteiger partial charge is 0.124 e. The Kier molecular flexibility index (Phi) is 4.31. The summed E-state index contributed by atoms with van der Waals surface area (Å²) in [6.07, 6.45) is 3.09. The van der Waals surface area contributed by atoms with Gasteiger partial charge in [0.25, 0.3) is 0 Å². The van der Waals surface area contributed by atoms with Gasteiger partial charge in [0, 0.05) is 11.8 Å². The Morgan fingerprint density at radius 2 is 2.05 bits per heavy atom. The maximum Gasteiger partial charge on any atom is 0.124 e. The number of aromatic nitrogens is 2. The van der Waals surface area contributed by atoms with E-state index in [4.69, 9.17) is 4.74 Å². The minimum Gasteiger partial charge on any atom is -0.496 e. The Morgan fingerprint density at radius 1 is 1.25 bits per heavy atom. The Bertz CT molecular complexity index is 617. The highest BCUT2D eigenvalue weighted by atomic mass is 16.5. The second kappa shape index (κ2) is 6.16. The molecule has 0 saturated carbocycles. The third-order valence-corrected chi connectivity index (χ3v) is 3.26. The molecule has 4 nitrogen and oxygen atoms in total. The third-order valence-electron chi connectivity index (χ3n) is 3.26. The minimum atomic E-state index is -0.450. The van der Waals surface area contributed by atoms with Gasteiger partial charge in [0.1, 0.15) is 18.0 Å². The molecular weight excluding hydrogens is 250 g/mol. The van der Waals surface area contributed by atoms with E-state index in [0.717, 1.165) is 11.3 Å². The molecular formula is C16H17N3O. The topological polar surface area (TPSA) is 58.8 Å². The number of nitrogens with zero attached hydrogens (tertiary/aromatic N) is 3. The molecule has 0 aliphatic rings. The summed E-state index contributed by atoms with van der Waals surface area (Å²) in [5, 5.41) is 9.47. The van der Waals surface area contributed by atoms with Gasteiger partial charge in [-0.25, -0.2) is 9.97 Å². The van der Waals surface area contributed by atoms with Crippen LogP contribution in [0, 0.1) is 11.3 Å². The van der Waals surface area contributed by atoms with Crippen LogP contribution in [-0.2, 0) is 0 Å². The molecule has 0 spiro atoms. The van der Waals surface area contributed by atoms with Gasteiger partial charge in [0.15, 0.2) is 0 Å². The molecule has 4 heteroatoms. The summed E-state index contributed by atoms with van der Waals surface area (Å²) in [5.41, 5.74) is 2.70. The first kappa shape index (κ1) is 14.0. The highest BCUT2D eigenvalue weighted by molar-refractivity contribution is 5.46. The predicted octanol–water partition coefficient (Wildman–Crippen LogP) is 3.26. The summed E-state index contributed by atoms with van der Waals surface area (Å²) in [7, 11) is 1.62. The molecule has 20 heavy (non-hydrogen) atoms. The van der Waals surface area contributed by atoms with E-state index in [1.807, 2.05) is 18.2 Å². The molecule has 0 fully saturated rings. The Labute approximate surface area is 119 Å². The van der Waals surface area contributed by atoms with Crippen LogP contribution in [0.5, 0.6) is 5.75 Å². The molecule has 1 aromatic carbocycles. The summed E-state index contributed by atoms with van der Waals surface area (Å²) < 4.78 is 5.45. The molecule has 0 amide bonds. The molecule has 0 N–H and O–H groups in total. The first-order valence-electron chi connectivity index (χ1n) is 6.50. The highest BCUT2D eigenvalue weighted by Crippen LogP contribution is 2.32. The summed E-state index contributed by atoms with van der Waals surface area (Å²) in [5.74, 6) is 0.688. The lowest BCUT2D eigenvalue weighted by Gasteiger charge is -2.15. The molecule has 1 aromatic heterocycles. The number of hydrogen-bond acceptors (Lipinski definition) is 4. The van der Waals surface area contributed by atoms with Gasteiger partial charge < -0.3 is 4.74 Å². The van der Waals surface area contributed by atoms with E-state index in [1.165, 1.54) is 11.9 Å². The van der Waals surface area contributed by atoms with Crippen LogP contribution < -0.4 is 4.74 Å². The van der Waals surface area contributed by atoms with Crippen molar-refractivity contribution in [1.29, 1.82) is 5.26 Å². The fourth-order valence-electron chi connectivity index (χ4n) is 2.09. The van der Waals surface area contributed by atoms with Gasteiger partial charge >= 0.3 is 0 Å². The lowest BCUT2D eigenvalue weighted by atomic mass is 9.92. The van der Waals surface area contributed by atoms with Crippen molar-refractivity contribution in [2.75, 3.05) is 7.11 Å². The Hall–Kier alpha value is -2.41. The molecule has 1 atom stereocenters. The van der Waals surface area contributed by atoms with Crippen LogP contribution >= 0.6 is 0 Å². The average Bonchev–Trinajstić information content (AvgIpc) is 2.49. The van der Waals surface area contributed by atoms with Gasteiger partial charge in [-0.1, -0.05) is 26.0 Å². The second-order valence-corrected chi connectivity index (χ2v) is 4.85. The highest BCUT2D eigenvalue weighted by Gasteiger charge is 2.19. The van der Waals surface area contributed by atoms with Crippen molar-refractivity contribution >= 4 is 0 Å². The lowest BCUT2D eigenvalue weighted by Crippen LogP contribution is -2.04. The SMILES string of the molecule is COc1cc(C(C)C)ccc1C(C#N)c1ccncn1. The zero-order valence-corrected chi connectivity index (χ0v) is 11.9. The van der Waals surface area contributed by atoms with Gasteiger partial charge in [-0.15, -0.1) is 0 Å². The zero-order chi connectivity index (χ0) is 14.5. The molecule has 102 valence electrons. The third kappa shape index (κ3) is 2.77. The van der Waals surface area contributed by atoms with Gasteiger partial charge in [-0.2, -0.15) is 5.26 Å². The van der Waals surface area contributed by atoms with Crippen LogP contribution in [0.1, 0.15) is 42.5 Å². The van der Waals surface area contributed by atoms with Crippen molar-refractivity contribution in [3.8, 4) is 11.8 Å². The first-order chi connectivity index (χ1) is 9.67. The molecule has 0 bridgehead atoms. The number of nitriles is 1. The predicted molar refractivity (Wildman–Crippen MR) is 76.6 cm³/mol. The number of benzene rings is 1. The van der Waals surface area contributed by atoms with E-state index in [0.29, 0.717) is 11.6 Å². The number of ether oxygens (including phenoxy) is 1. The van der Waals surface area contributed by atoms with Crippen LogP contribution in [0.15, 0.2) is 36.8 Å². The number of rotatable bonds is 4. The average molecular weight is 267 g/mol. The molecule has 0 radical (unpaired) electrons. The maximum absolute atomic E-state index is 9.47. The molecule has 2 aromatic rings. The standard InChI is InChI=1S/C16H17N3O/c1-11(2)12-4-5-13(16(8-12)20-3)14(9-17)15-6-7-18-10-19-15/h4-8,10-11,14H,1-3H3. The Morgan fingerprint density at radius 3 is 2.60 bits per heavy atom. The molecule has 2 rings (SSSR count). The summed E-state index contributed by atoms with van der Waals surface area (Å²) in [6, 6.07) is 10.0. The van der Waals surface area contributed by atoms with E-state index in [1.54, 1.807) is 19.4 Å². The van der Waals surface area contributed by atoms with E-state index in [2.05, 4.69) is 29.9 Å². The molecule has 0 aliphatic carbocycles. The largest absolute Gasteiger partial charge is 0.496 e. The van der Waals surface area contributed by atoms with Crippen LogP contribution in [0.2, 0.25) is 0 Å². The van der Waals surface area contributed by atoms with Crippen molar-refractivity contribution in [2.24, 2.45) is 0 Å². The van der Waals surface area contributed by atoms with Crippen molar-refractivity contribution < 1.29 is 4.74 Å². The quantitative estimate of drug-likeness (QED) is 0.853. The second-order valence-electron chi connectivity index (χ2n) is 4.85. The van der Waals surface area contributed by atoms with Crippen LogP contribution in [0.3, 0.4) is 0 Å². The maximum atomic E-state index is 9.47. The van der Waals surface area contributed by atoms with E-state index in [-0.39, 0.29) is 0 Å². The first-order valence-corrected chi connectivity index (χ1v) is 6.50. The van der Waals surface area contributed by atoms with Crippen molar-refractivity contribution in [1.82, 2.24) is 9.97 Å².